The van der Waals surface area contributed by atoms with Gasteiger partial charge in [-0.05, 0) is 148 Å². The fourth-order valence-corrected chi connectivity index (χ4v) is 11.5. The Morgan fingerprint density at radius 1 is 0.662 bits per heavy atom. The Morgan fingerprint density at radius 3 is 1.94 bits per heavy atom. The number of benzene rings is 6. The fourth-order valence-electron chi connectivity index (χ4n) is 11.5. The molecule has 0 bridgehead atoms. The van der Waals surface area contributed by atoms with E-state index < -0.39 is 0 Å². The van der Waals surface area contributed by atoms with Crippen molar-refractivity contribution in [3.8, 4) is 11.1 Å². The molecular weight excluding hydrogens is 781 g/mol. The monoisotopic (exact) mass is 845 g/mol. The summed E-state index contributed by atoms with van der Waals surface area (Å²) in [7, 11) is 0. The van der Waals surface area contributed by atoms with Gasteiger partial charge in [-0.15, -0.1) is 0 Å². The van der Waals surface area contributed by atoms with E-state index in [9.17, 15) is 0 Å². The van der Waals surface area contributed by atoms with Crippen molar-refractivity contribution in [1.82, 2.24) is 0 Å². The van der Waals surface area contributed by atoms with Gasteiger partial charge in [-0.1, -0.05) is 227 Å². The van der Waals surface area contributed by atoms with Crippen LogP contribution in [0.2, 0.25) is 0 Å². The van der Waals surface area contributed by atoms with Crippen molar-refractivity contribution in [2.24, 2.45) is 11.3 Å². The van der Waals surface area contributed by atoms with E-state index in [0.29, 0.717) is 5.92 Å². The molecule has 11 rings (SSSR count). The average Bonchev–Trinajstić information content (AvgIpc) is 3.63. The van der Waals surface area contributed by atoms with Crippen LogP contribution < -0.4 is 10.4 Å². The van der Waals surface area contributed by atoms with Crippen molar-refractivity contribution >= 4 is 11.1 Å². The highest BCUT2D eigenvalue weighted by atomic mass is 14.5. The number of allylic oxidation sites excluding steroid dienone is 11. The summed E-state index contributed by atoms with van der Waals surface area (Å²) in [6.07, 6.45) is 24.3. The molecule has 0 heterocycles. The van der Waals surface area contributed by atoms with Crippen LogP contribution in [0.4, 0.5) is 0 Å². The summed E-state index contributed by atoms with van der Waals surface area (Å²) in [5, 5.41) is 2.84. The van der Waals surface area contributed by atoms with Gasteiger partial charge in [0.15, 0.2) is 0 Å². The minimum Gasteiger partial charge on any atom is -0.0988 e. The van der Waals surface area contributed by atoms with Crippen LogP contribution in [0, 0.1) is 25.2 Å². The molecule has 1 spiro atoms. The van der Waals surface area contributed by atoms with Crippen LogP contribution in [0.1, 0.15) is 110 Å². The summed E-state index contributed by atoms with van der Waals surface area (Å²) in [5.74, 6) is 0.600. The van der Waals surface area contributed by atoms with E-state index in [0.717, 1.165) is 12.8 Å². The molecule has 0 saturated heterocycles. The first-order valence-corrected chi connectivity index (χ1v) is 23.8. The summed E-state index contributed by atoms with van der Waals surface area (Å²) in [4.78, 5) is 0. The van der Waals surface area contributed by atoms with Crippen molar-refractivity contribution in [1.29, 1.82) is 0 Å². The Morgan fingerprint density at radius 2 is 1.31 bits per heavy atom. The van der Waals surface area contributed by atoms with Crippen LogP contribution in [-0.2, 0) is 10.8 Å². The van der Waals surface area contributed by atoms with E-state index in [4.69, 9.17) is 0 Å². The molecule has 0 saturated carbocycles. The summed E-state index contributed by atoms with van der Waals surface area (Å²) in [5.41, 5.74) is 20.8. The molecule has 0 N–H and O–H groups in total. The van der Waals surface area contributed by atoms with Crippen molar-refractivity contribution in [2.45, 2.75) is 85.0 Å². The molecule has 6 aromatic carbocycles. The summed E-state index contributed by atoms with van der Waals surface area (Å²) >= 11 is 0. The molecule has 2 unspecified atom stereocenters. The smallest absolute Gasteiger partial charge is 0.0719 e. The van der Waals surface area contributed by atoms with Gasteiger partial charge >= 0.3 is 0 Å². The lowest BCUT2D eigenvalue weighted by Gasteiger charge is -2.46. The largest absolute Gasteiger partial charge is 0.0988 e. The Kier molecular flexibility index (Phi) is 12.0. The van der Waals surface area contributed by atoms with Crippen molar-refractivity contribution in [2.75, 3.05) is 0 Å². The second-order valence-corrected chi connectivity index (χ2v) is 19.5. The Labute approximate surface area is 389 Å². The average molecular weight is 845 g/mol. The van der Waals surface area contributed by atoms with E-state index in [2.05, 4.69) is 212 Å². The third-order valence-electron chi connectivity index (χ3n) is 15.0. The molecule has 5 aliphatic carbocycles. The van der Waals surface area contributed by atoms with Crippen LogP contribution >= 0.6 is 0 Å². The SMILES string of the molecule is C=C/C(=C\C=C/C)C1(C)C=CC(C)=CC1.Cc1cccc2c1-c1cc(C3=c4ccccc4=C4C=CCCC4C3)ccc1C21c2ccccc2C(C)(C)c2ccccc21.Cc1ccccc1. The number of fused-ring (bicyclic) bond motifs is 11. The predicted molar refractivity (Wildman–Crippen MR) is 279 cm³/mol. The van der Waals surface area contributed by atoms with E-state index >= 15 is 0 Å². The number of rotatable bonds is 4. The molecule has 0 radical (unpaired) electrons. The normalized spacial score (nSPS) is 20.1. The lowest BCUT2D eigenvalue weighted by atomic mass is 9.55. The second-order valence-electron chi connectivity index (χ2n) is 19.5. The molecule has 0 heteroatoms. The zero-order valence-corrected chi connectivity index (χ0v) is 39.6. The molecular formula is C65H64. The minimum atomic E-state index is -0.331. The Hall–Kier alpha value is -6.50. The molecule has 0 amide bonds. The highest BCUT2D eigenvalue weighted by molar-refractivity contribution is 5.91. The van der Waals surface area contributed by atoms with Crippen molar-refractivity contribution in [3.63, 3.8) is 0 Å². The second kappa shape index (κ2) is 17.8. The van der Waals surface area contributed by atoms with Gasteiger partial charge in [0.1, 0.15) is 0 Å². The predicted octanol–water partition coefficient (Wildman–Crippen LogP) is 15.3. The van der Waals surface area contributed by atoms with Gasteiger partial charge in [0, 0.05) is 10.8 Å². The van der Waals surface area contributed by atoms with E-state index in [1.165, 1.54) is 107 Å². The van der Waals surface area contributed by atoms with Gasteiger partial charge in [0.2, 0.25) is 0 Å². The van der Waals surface area contributed by atoms with Gasteiger partial charge in [0.05, 0.1) is 5.41 Å². The zero-order valence-electron chi connectivity index (χ0n) is 39.6. The minimum absolute atomic E-state index is 0.0740. The maximum absolute atomic E-state index is 3.90. The molecule has 6 aromatic rings. The lowest BCUT2D eigenvalue weighted by molar-refractivity contribution is 0.528. The zero-order chi connectivity index (χ0) is 45.3. The highest BCUT2D eigenvalue weighted by Gasteiger charge is 2.53. The lowest BCUT2D eigenvalue weighted by Crippen LogP contribution is -2.40. The topological polar surface area (TPSA) is 0 Å². The number of aryl methyl sites for hydroxylation is 2. The molecule has 0 fully saturated rings. The Bertz CT molecular complexity index is 3030. The maximum atomic E-state index is 3.90. The summed E-state index contributed by atoms with van der Waals surface area (Å²) < 4.78 is 0. The first-order chi connectivity index (χ1) is 31.5. The van der Waals surface area contributed by atoms with Gasteiger partial charge in [-0.3, -0.25) is 0 Å². The van der Waals surface area contributed by atoms with Crippen LogP contribution in [-0.4, -0.2) is 0 Å². The molecule has 0 nitrogen and oxygen atoms in total. The molecule has 0 aromatic heterocycles. The number of hydrogen-bond donors (Lipinski definition) is 0. The standard InChI is InChI=1S/C43H36.C15H20.C7H8/c1-27-13-12-22-40-41(27)34-26-29(33-25-28-14-4-5-15-30(28)31-16-6-7-17-32(31)33)23-24-35(34)43(40)38-20-10-8-18-36(38)42(2,3)37-19-9-11-21-39(37)43;1-5-7-8-14(6-2)15(4)11-9-13(3)10-12-15;1-7-5-3-2-4-6-7/h5-13,15-24,26,28H,4,14,25H2,1-3H3;5-11H,2,12H2,1,3-4H3;2-6H,1H3/b;7-5-,14-8+;. The molecule has 324 valence electrons. The van der Waals surface area contributed by atoms with Crippen molar-refractivity contribution in [3.05, 3.63) is 272 Å². The van der Waals surface area contributed by atoms with Crippen LogP contribution in [0.15, 0.2) is 212 Å². The quantitative estimate of drug-likeness (QED) is 0.155. The van der Waals surface area contributed by atoms with Gasteiger partial charge < -0.3 is 0 Å². The first kappa shape index (κ1) is 43.7. The molecule has 5 aliphatic rings. The van der Waals surface area contributed by atoms with Gasteiger partial charge in [-0.2, -0.15) is 0 Å². The molecule has 65 heavy (non-hydrogen) atoms. The van der Waals surface area contributed by atoms with Gasteiger partial charge in [0.25, 0.3) is 0 Å². The van der Waals surface area contributed by atoms with Crippen molar-refractivity contribution < 1.29 is 0 Å². The third kappa shape index (κ3) is 7.62. The fraction of sp³-hybridized carbons (Fsp3) is 0.231. The van der Waals surface area contributed by atoms with Gasteiger partial charge in [-0.25, -0.2) is 0 Å². The third-order valence-corrected chi connectivity index (χ3v) is 15.0. The van der Waals surface area contributed by atoms with Crippen LogP contribution in [0.25, 0.3) is 22.3 Å². The highest BCUT2D eigenvalue weighted by Crippen LogP contribution is 2.62. The number of hydrogen-bond acceptors (Lipinski definition) is 0. The molecule has 0 aliphatic heterocycles. The van der Waals surface area contributed by atoms with Crippen LogP contribution in [0.3, 0.4) is 0 Å². The first-order valence-electron chi connectivity index (χ1n) is 23.8. The Balaban J connectivity index is 0.000000200. The van der Waals surface area contributed by atoms with E-state index in [-0.39, 0.29) is 16.2 Å². The van der Waals surface area contributed by atoms with Crippen LogP contribution in [0.5, 0.6) is 0 Å². The maximum Gasteiger partial charge on any atom is 0.0719 e. The molecule has 2 atom stereocenters. The summed E-state index contributed by atoms with van der Waals surface area (Å²) in [6, 6.07) is 52.3. The summed E-state index contributed by atoms with van der Waals surface area (Å²) in [6.45, 7) is 19.5. The van der Waals surface area contributed by atoms with E-state index in [1.807, 2.05) is 37.3 Å². The van der Waals surface area contributed by atoms with E-state index in [1.54, 1.807) is 0 Å².